The van der Waals surface area contributed by atoms with Crippen molar-refractivity contribution in [2.75, 3.05) is 0 Å². The molecule has 3 unspecified atom stereocenters. The summed E-state index contributed by atoms with van der Waals surface area (Å²) in [5.41, 5.74) is 1.07. The molecule has 0 aliphatic heterocycles. The molecule has 1 N–H and O–H groups in total. The van der Waals surface area contributed by atoms with E-state index in [2.05, 4.69) is 34.3 Å². The predicted molar refractivity (Wildman–Crippen MR) is 68.7 cm³/mol. The standard InChI is InChI=1S/C15H24O2/c1-10(12(16)17)8-14(4)9-11-6-7-15(14,5)13(11,2)3/h11H,1,6-9H2,2-5H3,(H,16,17). The number of aliphatic carboxylic acids is 1. The van der Waals surface area contributed by atoms with Gasteiger partial charge in [-0.05, 0) is 47.8 Å². The van der Waals surface area contributed by atoms with Crippen molar-refractivity contribution in [1.82, 2.24) is 0 Å². The zero-order chi connectivity index (χ0) is 13.1. The maximum absolute atomic E-state index is 11.0. The van der Waals surface area contributed by atoms with Crippen molar-refractivity contribution in [2.24, 2.45) is 22.2 Å². The van der Waals surface area contributed by atoms with E-state index in [1.807, 2.05) is 0 Å². The van der Waals surface area contributed by atoms with Gasteiger partial charge in [-0.15, -0.1) is 0 Å². The Bertz CT molecular complexity index is 382. The Kier molecular flexibility index (Phi) is 2.51. The van der Waals surface area contributed by atoms with Gasteiger partial charge in [0.05, 0.1) is 0 Å². The van der Waals surface area contributed by atoms with Gasteiger partial charge in [-0.2, -0.15) is 0 Å². The summed E-state index contributed by atoms with van der Waals surface area (Å²) in [6.07, 6.45) is 4.33. The van der Waals surface area contributed by atoms with Gasteiger partial charge >= 0.3 is 5.97 Å². The highest BCUT2D eigenvalue weighted by Gasteiger charge is 2.66. The van der Waals surface area contributed by atoms with Gasteiger partial charge in [-0.1, -0.05) is 34.3 Å². The number of carboxylic acids is 1. The second kappa shape index (κ2) is 3.37. The lowest BCUT2D eigenvalue weighted by molar-refractivity contribution is -0.133. The molecule has 0 heterocycles. The average Bonchev–Trinajstić information content (AvgIpc) is 2.49. The summed E-state index contributed by atoms with van der Waals surface area (Å²) in [4.78, 5) is 11.0. The maximum Gasteiger partial charge on any atom is 0.330 e. The fourth-order valence-electron chi connectivity index (χ4n) is 4.62. The molecule has 0 amide bonds. The number of carboxylic acid groups (broad SMARTS) is 1. The van der Waals surface area contributed by atoms with Crippen LogP contribution in [0.1, 0.15) is 53.4 Å². The molecule has 2 aliphatic rings. The van der Waals surface area contributed by atoms with Crippen LogP contribution in [0.4, 0.5) is 0 Å². The summed E-state index contributed by atoms with van der Waals surface area (Å²) in [5.74, 6) is -0.0884. The minimum absolute atomic E-state index is 0.106. The first-order valence-corrected chi connectivity index (χ1v) is 6.55. The van der Waals surface area contributed by atoms with Crippen LogP contribution in [0, 0.1) is 22.2 Å². The molecule has 2 nitrogen and oxygen atoms in total. The van der Waals surface area contributed by atoms with Crippen molar-refractivity contribution in [3.8, 4) is 0 Å². The van der Waals surface area contributed by atoms with Gasteiger partial charge in [0, 0.05) is 5.57 Å². The Morgan fingerprint density at radius 2 is 1.94 bits per heavy atom. The minimum Gasteiger partial charge on any atom is -0.478 e. The maximum atomic E-state index is 11.0. The van der Waals surface area contributed by atoms with Gasteiger partial charge in [0.1, 0.15) is 0 Å². The van der Waals surface area contributed by atoms with Gasteiger partial charge in [-0.25, -0.2) is 4.79 Å². The first kappa shape index (κ1) is 12.7. The van der Waals surface area contributed by atoms with Crippen LogP contribution in [0.2, 0.25) is 0 Å². The summed E-state index contributed by atoms with van der Waals surface area (Å²) < 4.78 is 0. The lowest BCUT2D eigenvalue weighted by atomic mass is 9.57. The zero-order valence-corrected chi connectivity index (χ0v) is 11.5. The Balaban J connectivity index is 2.30. The molecule has 2 saturated carbocycles. The van der Waals surface area contributed by atoms with Gasteiger partial charge in [0.15, 0.2) is 0 Å². The topological polar surface area (TPSA) is 37.3 Å². The molecule has 0 spiro atoms. The lowest BCUT2D eigenvalue weighted by Crippen LogP contribution is -2.40. The Morgan fingerprint density at radius 3 is 2.29 bits per heavy atom. The monoisotopic (exact) mass is 236 g/mol. The van der Waals surface area contributed by atoms with Crippen molar-refractivity contribution in [1.29, 1.82) is 0 Å². The molecule has 0 radical (unpaired) electrons. The van der Waals surface area contributed by atoms with E-state index in [4.69, 9.17) is 5.11 Å². The third-order valence-electron chi connectivity index (χ3n) is 6.37. The highest BCUT2D eigenvalue weighted by atomic mass is 16.4. The molecule has 17 heavy (non-hydrogen) atoms. The largest absolute Gasteiger partial charge is 0.478 e. The van der Waals surface area contributed by atoms with Gasteiger partial charge in [-0.3, -0.25) is 0 Å². The molecule has 2 bridgehead atoms. The van der Waals surface area contributed by atoms with Crippen LogP contribution in [-0.2, 0) is 4.79 Å². The van der Waals surface area contributed by atoms with E-state index in [9.17, 15) is 4.79 Å². The van der Waals surface area contributed by atoms with Crippen LogP contribution in [0.15, 0.2) is 12.2 Å². The highest BCUT2D eigenvalue weighted by Crippen LogP contribution is 2.74. The van der Waals surface area contributed by atoms with Crippen LogP contribution in [-0.4, -0.2) is 11.1 Å². The second-order valence-corrected chi connectivity index (χ2v) is 7.14. The first-order chi connectivity index (χ1) is 7.64. The summed E-state index contributed by atoms with van der Waals surface area (Å²) in [5, 5.41) is 9.04. The summed E-state index contributed by atoms with van der Waals surface area (Å²) in [6.45, 7) is 13.1. The van der Waals surface area contributed by atoms with E-state index in [1.165, 1.54) is 12.8 Å². The van der Waals surface area contributed by atoms with E-state index in [1.54, 1.807) is 0 Å². The Morgan fingerprint density at radius 1 is 1.35 bits per heavy atom. The quantitative estimate of drug-likeness (QED) is 0.755. The summed E-state index contributed by atoms with van der Waals surface area (Å²) in [7, 11) is 0. The molecular formula is C15H24O2. The highest BCUT2D eigenvalue weighted by molar-refractivity contribution is 5.85. The van der Waals surface area contributed by atoms with Crippen molar-refractivity contribution in [3.63, 3.8) is 0 Å². The smallest absolute Gasteiger partial charge is 0.330 e. The fraction of sp³-hybridized carbons (Fsp3) is 0.800. The summed E-state index contributed by atoms with van der Waals surface area (Å²) >= 11 is 0. The van der Waals surface area contributed by atoms with E-state index < -0.39 is 5.97 Å². The minimum atomic E-state index is -0.838. The van der Waals surface area contributed by atoms with E-state index in [0.717, 1.165) is 12.3 Å². The second-order valence-electron chi connectivity index (χ2n) is 7.14. The van der Waals surface area contributed by atoms with Crippen LogP contribution < -0.4 is 0 Å². The van der Waals surface area contributed by atoms with E-state index in [0.29, 0.717) is 17.4 Å². The fourth-order valence-corrected chi connectivity index (χ4v) is 4.62. The number of hydrogen-bond acceptors (Lipinski definition) is 1. The number of carbonyl (C=O) groups is 1. The van der Waals surface area contributed by atoms with Crippen LogP contribution >= 0.6 is 0 Å². The first-order valence-electron chi connectivity index (χ1n) is 6.55. The number of hydrogen-bond donors (Lipinski definition) is 1. The van der Waals surface area contributed by atoms with Gasteiger partial charge in [0.2, 0.25) is 0 Å². The van der Waals surface area contributed by atoms with Gasteiger partial charge < -0.3 is 5.11 Å². The molecule has 0 saturated heterocycles. The van der Waals surface area contributed by atoms with Crippen molar-refractivity contribution in [3.05, 3.63) is 12.2 Å². The Hall–Kier alpha value is -0.790. The molecule has 2 aliphatic carbocycles. The average molecular weight is 236 g/mol. The van der Waals surface area contributed by atoms with Gasteiger partial charge in [0.25, 0.3) is 0 Å². The molecule has 3 atom stereocenters. The lowest BCUT2D eigenvalue weighted by Gasteiger charge is -2.47. The third kappa shape index (κ3) is 1.42. The molecule has 96 valence electrons. The molecule has 2 fully saturated rings. The van der Waals surface area contributed by atoms with Crippen molar-refractivity contribution in [2.45, 2.75) is 53.4 Å². The van der Waals surface area contributed by atoms with Crippen LogP contribution in [0.3, 0.4) is 0 Å². The number of fused-ring (bicyclic) bond motifs is 2. The normalized spacial score (nSPS) is 42.7. The van der Waals surface area contributed by atoms with E-state index >= 15 is 0 Å². The molecule has 0 aromatic carbocycles. The van der Waals surface area contributed by atoms with Crippen LogP contribution in [0.5, 0.6) is 0 Å². The molecular weight excluding hydrogens is 212 g/mol. The molecule has 2 heteroatoms. The van der Waals surface area contributed by atoms with Crippen molar-refractivity contribution < 1.29 is 9.90 Å². The number of rotatable bonds is 3. The predicted octanol–water partition coefficient (Wildman–Crippen LogP) is 3.87. The van der Waals surface area contributed by atoms with E-state index in [-0.39, 0.29) is 10.8 Å². The molecule has 0 aromatic heterocycles. The summed E-state index contributed by atoms with van der Waals surface area (Å²) in [6, 6.07) is 0. The molecule has 2 rings (SSSR count). The Labute approximate surface area is 104 Å². The third-order valence-corrected chi connectivity index (χ3v) is 6.37. The zero-order valence-electron chi connectivity index (χ0n) is 11.5. The van der Waals surface area contributed by atoms with Crippen LogP contribution in [0.25, 0.3) is 0 Å². The SMILES string of the molecule is C=C(CC1(C)CC2CCC1(C)C2(C)C)C(=O)O. The van der Waals surface area contributed by atoms with Crippen molar-refractivity contribution >= 4 is 5.97 Å². The molecule has 0 aromatic rings.